The average molecular weight is 270 g/mol. The summed E-state index contributed by atoms with van der Waals surface area (Å²) in [6.45, 7) is 9.68. The molecule has 2 heterocycles. The molecule has 0 saturated carbocycles. The van der Waals surface area contributed by atoms with Crippen molar-refractivity contribution in [3.8, 4) is 0 Å². The molecule has 1 atom stereocenters. The van der Waals surface area contributed by atoms with Crippen molar-refractivity contribution < 1.29 is 4.74 Å². The molecule has 0 bridgehead atoms. The van der Waals surface area contributed by atoms with Gasteiger partial charge in [0.15, 0.2) is 5.82 Å². The molecule has 1 fully saturated rings. The van der Waals surface area contributed by atoms with Crippen molar-refractivity contribution in [2.75, 3.05) is 23.9 Å². The maximum atomic E-state index is 5.94. The van der Waals surface area contributed by atoms with Crippen LogP contribution < -0.4 is 4.90 Å². The quantitative estimate of drug-likeness (QED) is 0.773. The molecule has 2 rings (SSSR count). The maximum Gasteiger partial charge on any atom is 0.150 e. The fraction of sp³-hybridized carbons (Fsp3) is 0.692. The fourth-order valence-corrected chi connectivity index (χ4v) is 2.52. The summed E-state index contributed by atoms with van der Waals surface area (Å²) < 4.78 is 5.92. The van der Waals surface area contributed by atoms with E-state index in [4.69, 9.17) is 16.3 Å². The number of ether oxygens (including phenoxy) is 1. The van der Waals surface area contributed by atoms with Gasteiger partial charge in [-0.3, -0.25) is 4.98 Å². The normalized spacial score (nSPS) is 23.2. The number of nitrogens with zero attached hydrogens (tertiary/aromatic N) is 3. The Bertz CT molecular complexity index is 436. The van der Waals surface area contributed by atoms with Gasteiger partial charge in [-0.05, 0) is 27.7 Å². The topological polar surface area (TPSA) is 38.2 Å². The van der Waals surface area contributed by atoms with Crippen molar-refractivity contribution in [2.45, 2.75) is 39.4 Å². The Balaban J connectivity index is 2.29. The Morgan fingerprint density at radius 2 is 2.22 bits per heavy atom. The molecule has 0 N–H and O–H groups in total. The van der Waals surface area contributed by atoms with Crippen LogP contribution in [0.5, 0.6) is 0 Å². The number of rotatable bonds is 2. The number of alkyl halides is 1. The first-order chi connectivity index (χ1) is 8.41. The molecular weight excluding hydrogens is 250 g/mol. The minimum atomic E-state index is -0.213. The maximum absolute atomic E-state index is 5.94. The minimum Gasteiger partial charge on any atom is -0.367 e. The number of anilines is 1. The highest BCUT2D eigenvalue weighted by molar-refractivity contribution is 6.18. The van der Waals surface area contributed by atoms with Crippen molar-refractivity contribution in [2.24, 2.45) is 0 Å². The lowest BCUT2D eigenvalue weighted by molar-refractivity contribution is -0.0736. The van der Waals surface area contributed by atoms with Gasteiger partial charge in [0.05, 0.1) is 29.0 Å². The third-order valence-corrected chi connectivity index (χ3v) is 3.35. The van der Waals surface area contributed by atoms with Gasteiger partial charge in [0.25, 0.3) is 0 Å². The molecule has 1 aliphatic heterocycles. The molecule has 1 unspecified atom stereocenters. The van der Waals surface area contributed by atoms with E-state index < -0.39 is 0 Å². The molecule has 0 radical (unpaired) electrons. The van der Waals surface area contributed by atoms with Crippen LogP contribution in [-0.2, 0) is 4.74 Å². The lowest BCUT2D eigenvalue weighted by atomic mass is 10.1. The highest BCUT2D eigenvalue weighted by Crippen LogP contribution is 2.26. The standard InChI is InChI=1S/C13H20ClN3O/c1-9-6-15-10(2)12(16-9)17-7-11(5-14)18-13(3,4)8-17/h6,11H,5,7-8H2,1-4H3. The van der Waals surface area contributed by atoms with E-state index in [0.29, 0.717) is 5.88 Å². The molecule has 0 spiro atoms. The number of aryl methyl sites for hydroxylation is 2. The van der Waals surface area contributed by atoms with Gasteiger partial charge in [-0.2, -0.15) is 0 Å². The molecule has 1 aromatic rings. The van der Waals surface area contributed by atoms with Crippen molar-refractivity contribution in [3.05, 3.63) is 17.6 Å². The first-order valence-electron chi connectivity index (χ1n) is 6.20. The zero-order valence-corrected chi connectivity index (χ0v) is 12.2. The summed E-state index contributed by atoms with van der Waals surface area (Å²) in [6, 6.07) is 0. The smallest absolute Gasteiger partial charge is 0.150 e. The van der Waals surface area contributed by atoms with Crippen LogP contribution in [0.25, 0.3) is 0 Å². The first kappa shape index (κ1) is 13.6. The fourth-order valence-electron chi connectivity index (χ4n) is 2.36. The zero-order chi connectivity index (χ0) is 13.3. The average Bonchev–Trinajstić information content (AvgIpc) is 2.30. The highest BCUT2D eigenvalue weighted by atomic mass is 35.5. The minimum absolute atomic E-state index is 0.0390. The molecule has 1 saturated heterocycles. The molecule has 1 aliphatic rings. The summed E-state index contributed by atoms with van der Waals surface area (Å²) in [5.74, 6) is 1.44. The van der Waals surface area contributed by atoms with Crippen LogP contribution in [0, 0.1) is 13.8 Å². The molecule has 0 aliphatic carbocycles. The van der Waals surface area contributed by atoms with Crippen LogP contribution in [0.1, 0.15) is 25.2 Å². The molecule has 18 heavy (non-hydrogen) atoms. The number of aromatic nitrogens is 2. The summed E-state index contributed by atoms with van der Waals surface area (Å²) >= 11 is 5.94. The largest absolute Gasteiger partial charge is 0.367 e. The number of hydrogen-bond acceptors (Lipinski definition) is 4. The molecular formula is C13H20ClN3O. The summed E-state index contributed by atoms with van der Waals surface area (Å²) in [7, 11) is 0. The van der Waals surface area contributed by atoms with Crippen LogP contribution in [0.4, 0.5) is 5.82 Å². The van der Waals surface area contributed by atoms with Gasteiger partial charge in [-0.15, -0.1) is 11.6 Å². The van der Waals surface area contributed by atoms with E-state index >= 15 is 0 Å². The molecule has 0 aromatic carbocycles. The van der Waals surface area contributed by atoms with Crippen molar-refractivity contribution >= 4 is 17.4 Å². The second-order valence-electron chi connectivity index (χ2n) is 5.45. The first-order valence-corrected chi connectivity index (χ1v) is 6.74. The molecule has 5 heteroatoms. The van der Waals surface area contributed by atoms with Crippen LogP contribution in [-0.4, -0.2) is 40.6 Å². The van der Waals surface area contributed by atoms with Crippen LogP contribution in [0.3, 0.4) is 0 Å². The van der Waals surface area contributed by atoms with Crippen molar-refractivity contribution in [1.82, 2.24) is 9.97 Å². The Morgan fingerprint density at radius 3 is 2.89 bits per heavy atom. The zero-order valence-electron chi connectivity index (χ0n) is 11.4. The van der Waals surface area contributed by atoms with Crippen LogP contribution >= 0.6 is 11.6 Å². The SMILES string of the molecule is Cc1cnc(C)c(N2CC(CCl)OC(C)(C)C2)n1. The Morgan fingerprint density at radius 1 is 1.50 bits per heavy atom. The van der Waals surface area contributed by atoms with Gasteiger partial charge in [0.1, 0.15) is 0 Å². The Kier molecular flexibility index (Phi) is 3.78. The Labute approximate surface area is 113 Å². The van der Waals surface area contributed by atoms with E-state index in [1.807, 2.05) is 13.8 Å². The second-order valence-corrected chi connectivity index (χ2v) is 5.76. The summed E-state index contributed by atoms with van der Waals surface area (Å²) in [4.78, 5) is 11.2. The lowest BCUT2D eigenvalue weighted by Gasteiger charge is -2.43. The lowest BCUT2D eigenvalue weighted by Crippen LogP contribution is -2.54. The van der Waals surface area contributed by atoms with Gasteiger partial charge >= 0.3 is 0 Å². The molecule has 1 aromatic heterocycles. The van der Waals surface area contributed by atoms with Gasteiger partial charge in [0, 0.05) is 19.3 Å². The van der Waals surface area contributed by atoms with Gasteiger partial charge in [-0.25, -0.2) is 4.98 Å². The monoisotopic (exact) mass is 269 g/mol. The van der Waals surface area contributed by atoms with Gasteiger partial charge < -0.3 is 9.64 Å². The second kappa shape index (κ2) is 5.02. The molecule has 100 valence electrons. The van der Waals surface area contributed by atoms with Crippen LogP contribution in [0.15, 0.2) is 6.20 Å². The van der Waals surface area contributed by atoms with E-state index in [0.717, 1.165) is 30.3 Å². The summed E-state index contributed by atoms with van der Waals surface area (Å²) in [5.41, 5.74) is 1.67. The number of morpholine rings is 1. The van der Waals surface area contributed by atoms with E-state index in [-0.39, 0.29) is 11.7 Å². The molecule has 4 nitrogen and oxygen atoms in total. The summed E-state index contributed by atoms with van der Waals surface area (Å²) in [5, 5.41) is 0. The van der Waals surface area contributed by atoms with E-state index in [1.165, 1.54) is 0 Å². The predicted octanol–water partition coefficient (Wildman–Crippen LogP) is 2.32. The summed E-state index contributed by atoms with van der Waals surface area (Å²) in [6.07, 6.45) is 1.83. The molecule has 0 amide bonds. The van der Waals surface area contributed by atoms with Gasteiger partial charge in [-0.1, -0.05) is 0 Å². The van der Waals surface area contributed by atoms with E-state index in [1.54, 1.807) is 6.20 Å². The van der Waals surface area contributed by atoms with Crippen molar-refractivity contribution in [1.29, 1.82) is 0 Å². The van der Waals surface area contributed by atoms with Crippen LogP contribution in [0.2, 0.25) is 0 Å². The Hall–Kier alpha value is -0.870. The number of hydrogen-bond donors (Lipinski definition) is 0. The van der Waals surface area contributed by atoms with Crippen molar-refractivity contribution in [3.63, 3.8) is 0 Å². The van der Waals surface area contributed by atoms with Gasteiger partial charge in [0.2, 0.25) is 0 Å². The number of halogens is 1. The third-order valence-electron chi connectivity index (χ3n) is 3.00. The highest BCUT2D eigenvalue weighted by Gasteiger charge is 2.34. The van der Waals surface area contributed by atoms with E-state index in [2.05, 4.69) is 28.7 Å². The van der Waals surface area contributed by atoms with E-state index in [9.17, 15) is 0 Å². The third kappa shape index (κ3) is 2.93. The predicted molar refractivity (Wildman–Crippen MR) is 73.4 cm³/mol.